The van der Waals surface area contributed by atoms with Gasteiger partial charge in [0, 0.05) is 49.5 Å². The Morgan fingerprint density at radius 1 is 0.545 bits per heavy atom. The molecule has 8 heterocycles. The zero-order valence-corrected chi connectivity index (χ0v) is 36.5. The molecule has 18 heteroatoms. The zero-order valence-electron chi connectivity index (χ0n) is 36.5. The number of benzene rings is 2. The van der Waals surface area contributed by atoms with Crippen LogP contribution in [0.4, 0.5) is 17.6 Å². The first-order valence-corrected chi connectivity index (χ1v) is 21.3. The van der Waals surface area contributed by atoms with Crippen LogP contribution in [0.1, 0.15) is 94.7 Å². The fourth-order valence-electron chi connectivity index (χ4n) is 8.26. The highest BCUT2D eigenvalue weighted by molar-refractivity contribution is 5.67. The lowest BCUT2D eigenvalue weighted by Gasteiger charge is -2.22. The molecule has 0 fully saturated rings. The van der Waals surface area contributed by atoms with Gasteiger partial charge in [-0.05, 0) is 123 Å². The minimum Gasteiger partial charge on any atom is -0.479 e. The van der Waals surface area contributed by atoms with Crippen molar-refractivity contribution in [3.63, 3.8) is 0 Å². The van der Waals surface area contributed by atoms with Crippen LogP contribution >= 0.6 is 0 Å². The Morgan fingerprint density at radius 2 is 0.955 bits per heavy atom. The third kappa shape index (κ3) is 9.52. The molecule has 0 unspecified atom stereocenters. The first kappa shape index (κ1) is 43.5. The van der Waals surface area contributed by atoms with E-state index < -0.39 is 23.3 Å². The fraction of sp³-hybridized carbons (Fsp3) is 0.250. The number of rotatable bonds is 10. The van der Waals surface area contributed by atoms with Crippen molar-refractivity contribution in [2.75, 3.05) is 14.2 Å². The number of imidazole rings is 2. The number of pyridine rings is 2. The van der Waals surface area contributed by atoms with Crippen LogP contribution in [0, 0.1) is 37.1 Å². The highest BCUT2D eigenvalue weighted by Gasteiger charge is 2.28. The third-order valence-corrected chi connectivity index (χ3v) is 11.3. The maximum Gasteiger partial charge on any atom is 0.238 e. The van der Waals surface area contributed by atoms with E-state index in [0.29, 0.717) is 57.6 Å². The van der Waals surface area contributed by atoms with Crippen molar-refractivity contribution in [3.8, 4) is 23.1 Å². The quantitative estimate of drug-likeness (QED) is 0.122. The van der Waals surface area contributed by atoms with Crippen LogP contribution in [0.15, 0.2) is 85.7 Å². The van der Waals surface area contributed by atoms with Crippen molar-refractivity contribution < 1.29 is 27.0 Å². The summed E-state index contributed by atoms with van der Waals surface area (Å²) in [7, 11) is 3.15. The molecule has 14 nitrogen and oxygen atoms in total. The highest BCUT2D eigenvalue weighted by atomic mass is 19.1. The molecule has 0 spiro atoms. The molecular weight excluding hydrogens is 853 g/mol. The largest absolute Gasteiger partial charge is 0.479 e. The molecule has 2 atom stereocenters. The average Bonchev–Trinajstić information content (AvgIpc) is 4.13. The Bertz CT molecular complexity index is 2850. The number of hydrogen-bond donors (Lipinski definition) is 0. The Kier molecular flexibility index (Phi) is 12.4. The summed E-state index contributed by atoms with van der Waals surface area (Å²) in [6.45, 7) is 5.27. The van der Waals surface area contributed by atoms with Gasteiger partial charge in [0.25, 0.3) is 0 Å². The number of halogens is 4. The molecule has 10 rings (SSSR count). The molecule has 8 aromatic rings. The topological polar surface area (TPSA) is 141 Å². The number of aromatic nitrogens is 12. The van der Waals surface area contributed by atoms with Crippen molar-refractivity contribution in [2.45, 2.75) is 64.5 Å². The van der Waals surface area contributed by atoms with Gasteiger partial charge in [0.1, 0.15) is 46.3 Å². The Morgan fingerprint density at radius 3 is 1.32 bits per heavy atom. The molecule has 0 bridgehead atoms. The predicted octanol–water partition coefficient (Wildman–Crippen LogP) is 9.10. The van der Waals surface area contributed by atoms with Crippen LogP contribution in [-0.4, -0.2) is 72.8 Å². The summed E-state index contributed by atoms with van der Waals surface area (Å²) >= 11 is 0. The summed E-state index contributed by atoms with van der Waals surface area (Å²) in [6.07, 6.45) is 17.6. The standard InChI is InChI=1S/2C24H22F2N6O/c2*1-15-13-31(14-27-15)21-7-5-19(28-24(21)33-2)6-8-22-29-23-20(4-3-9-32(23)30-22)16-10-17(25)12-18(26)11-16/h2*5-8,10-14,20H,3-4,9H2,1-2H3/b2*8-6+/t2*20-/m10/s1. The van der Waals surface area contributed by atoms with Gasteiger partial charge in [-0.25, -0.2) is 56.8 Å². The molecule has 0 radical (unpaired) electrons. The van der Waals surface area contributed by atoms with Crippen molar-refractivity contribution in [1.82, 2.24) is 58.6 Å². The van der Waals surface area contributed by atoms with Gasteiger partial charge in [-0.2, -0.15) is 10.2 Å². The molecule has 0 amide bonds. The van der Waals surface area contributed by atoms with E-state index in [1.807, 2.05) is 81.2 Å². The second kappa shape index (κ2) is 18.8. The van der Waals surface area contributed by atoms with Gasteiger partial charge in [-0.15, -0.1) is 0 Å². The number of nitrogens with zero attached hydrogens (tertiary/aromatic N) is 12. The predicted molar refractivity (Wildman–Crippen MR) is 238 cm³/mol. The lowest BCUT2D eigenvalue weighted by Crippen LogP contribution is -2.18. The normalized spacial score (nSPS) is 15.7. The fourth-order valence-corrected chi connectivity index (χ4v) is 8.26. The van der Waals surface area contributed by atoms with Crippen LogP contribution < -0.4 is 9.47 Å². The number of aryl methyl sites for hydroxylation is 4. The number of methoxy groups -OCH3 is 2. The lowest BCUT2D eigenvalue weighted by atomic mass is 9.91. The maximum absolute atomic E-state index is 13.8. The molecule has 2 aliphatic heterocycles. The summed E-state index contributed by atoms with van der Waals surface area (Å²) in [6, 6.07) is 14.8. The van der Waals surface area contributed by atoms with Gasteiger partial charge in [0.05, 0.1) is 49.6 Å². The van der Waals surface area contributed by atoms with E-state index in [-0.39, 0.29) is 11.8 Å². The third-order valence-electron chi connectivity index (χ3n) is 11.3. The SMILES string of the molecule is COc1nc(/C=C/c2nc3n(n2)CCC[C@@H]3c2cc(F)cc(F)c2)ccc1-n1cnc(C)c1.COc1nc(/C=C/c2nc3n(n2)CCC[C@H]3c2cc(F)cc(F)c2)ccc1-n1cnc(C)c1. The van der Waals surface area contributed by atoms with E-state index in [2.05, 4.69) is 40.1 Å². The molecule has 0 saturated carbocycles. The summed E-state index contributed by atoms with van der Waals surface area (Å²) in [4.78, 5) is 26.9. The van der Waals surface area contributed by atoms with Gasteiger partial charge in [0.15, 0.2) is 11.6 Å². The first-order chi connectivity index (χ1) is 32.0. The van der Waals surface area contributed by atoms with Crippen molar-refractivity contribution >= 4 is 24.3 Å². The second-order valence-corrected chi connectivity index (χ2v) is 15.9. The molecule has 0 N–H and O–H groups in total. The van der Waals surface area contributed by atoms with Crippen LogP contribution in [0.5, 0.6) is 11.8 Å². The summed E-state index contributed by atoms with van der Waals surface area (Å²) in [5, 5.41) is 9.11. The molecule has 2 aliphatic rings. The monoisotopic (exact) mass is 896 g/mol. The summed E-state index contributed by atoms with van der Waals surface area (Å²) < 4.78 is 73.3. The molecule has 0 saturated heterocycles. The van der Waals surface area contributed by atoms with Crippen molar-refractivity contribution in [1.29, 1.82) is 0 Å². The minimum absolute atomic E-state index is 0.199. The van der Waals surface area contributed by atoms with Gasteiger partial charge >= 0.3 is 0 Å². The molecule has 66 heavy (non-hydrogen) atoms. The van der Waals surface area contributed by atoms with E-state index in [1.165, 1.54) is 24.3 Å². The highest BCUT2D eigenvalue weighted by Crippen LogP contribution is 2.35. The van der Waals surface area contributed by atoms with Crippen LogP contribution in [-0.2, 0) is 13.1 Å². The molecule has 336 valence electrons. The van der Waals surface area contributed by atoms with E-state index >= 15 is 0 Å². The van der Waals surface area contributed by atoms with Gasteiger partial charge in [-0.3, -0.25) is 0 Å². The summed E-state index contributed by atoms with van der Waals surface area (Å²) in [5.74, 6) is 0.653. The van der Waals surface area contributed by atoms with E-state index in [9.17, 15) is 17.6 Å². The zero-order chi connectivity index (χ0) is 45.9. The van der Waals surface area contributed by atoms with Gasteiger partial charge < -0.3 is 18.6 Å². The van der Waals surface area contributed by atoms with Gasteiger partial charge in [0.2, 0.25) is 11.8 Å². The van der Waals surface area contributed by atoms with Gasteiger partial charge in [-0.1, -0.05) is 0 Å². The maximum atomic E-state index is 13.8. The number of fused-ring (bicyclic) bond motifs is 2. The smallest absolute Gasteiger partial charge is 0.238 e. The Hall–Kier alpha value is -7.76. The number of hydrogen-bond acceptors (Lipinski definition) is 10. The summed E-state index contributed by atoms with van der Waals surface area (Å²) in [5.41, 5.74) is 5.89. The first-order valence-electron chi connectivity index (χ1n) is 21.3. The molecule has 2 aromatic carbocycles. The van der Waals surface area contributed by atoms with Crippen LogP contribution in [0.25, 0.3) is 35.7 Å². The lowest BCUT2D eigenvalue weighted by molar-refractivity contribution is 0.395. The minimum atomic E-state index is -0.587. The van der Waals surface area contributed by atoms with Crippen molar-refractivity contribution in [3.05, 3.63) is 166 Å². The van der Waals surface area contributed by atoms with Crippen LogP contribution in [0.2, 0.25) is 0 Å². The van der Waals surface area contributed by atoms with Crippen LogP contribution in [0.3, 0.4) is 0 Å². The van der Waals surface area contributed by atoms with Crippen molar-refractivity contribution in [2.24, 2.45) is 0 Å². The second-order valence-electron chi connectivity index (χ2n) is 15.9. The van der Waals surface area contributed by atoms with E-state index in [4.69, 9.17) is 9.47 Å². The average molecular weight is 897 g/mol. The molecule has 6 aromatic heterocycles. The Labute approximate surface area is 377 Å². The molecule has 0 aliphatic carbocycles. The Balaban J connectivity index is 0.000000166. The molecular formula is C48H44F4N12O2. The van der Waals surface area contributed by atoms with E-state index in [0.717, 1.165) is 73.7 Å². The number of ether oxygens (including phenoxy) is 2. The van der Waals surface area contributed by atoms with E-state index in [1.54, 1.807) is 39.0 Å².